The Bertz CT molecular complexity index is 831. The molecule has 0 saturated heterocycles. The molecule has 3 rings (SSSR count). The maximum absolute atomic E-state index is 5.89. The van der Waals surface area contributed by atoms with Crippen LogP contribution in [0.1, 0.15) is 48.6 Å². The fourth-order valence-corrected chi connectivity index (χ4v) is 3.83. The number of hydrogen-bond donors (Lipinski definition) is 0. The molecule has 0 radical (unpaired) electrons. The lowest BCUT2D eigenvalue weighted by atomic mass is 10.0. The van der Waals surface area contributed by atoms with E-state index in [4.69, 9.17) is 19.4 Å². The van der Waals surface area contributed by atoms with E-state index in [0.717, 1.165) is 53.6 Å². The number of ether oxygens (including phenoxy) is 2. The second-order valence-electron chi connectivity index (χ2n) is 7.82. The monoisotopic (exact) mass is 383 g/mol. The van der Waals surface area contributed by atoms with Crippen LogP contribution >= 0.6 is 0 Å². The van der Waals surface area contributed by atoms with Gasteiger partial charge in [0.25, 0.3) is 0 Å². The number of hydrogen-bond acceptors (Lipinski definition) is 5. The van der Waals surface area contributed by atoms with Crippen molar-refractivity contribution in [2.24, 2.45) is 0 Å². The topological polar surface area (TPSA) is 47.5 Å². The molecule has 0 spiro atoms. The van der Waals surface area contributed by atoms with E-state index in [-0.39, 0.29) is 0 Å². The van der Waals surface area contributed by atoms with Gasteiger partial charge in [-0.25, -0.2) is 4.98 Å². The molecule has 2 aromatic rings. The van der Waals surface area contributed by atoms with Crippen molar-refractivity contribution in [1.29, 1.82) is 0 Å². The third-order valence-electron chi connectivity index (χ3n) is 5.44. The van der Waals surface area contributed by atoms with Crippen LogP contribution in [-0.4, -0.2) is 48.2 Å². The molecule has 0 aliphatic heterocycles. The van der Waals surface area contributed by atoms with Crippen molar-refractivity contribution in [3.05, 3.63) is 34.5 Å². The molecule has 0 bridgehead atoms. The van der Waals surface area contributed by atoms with E-state index in [2.05, 4.69) is 44.9 Å². The lowest BCUT2D eigenvalue weighted by molar-refractivity contribution is 0.318. The zero-order valence-corrected chi connectivity index (χ0v) is 18.1. The van der Waals surface area contributed by atoms with Gasteiger partial charge in [-0.15, -0.1) is 0 Å². The summed E-state index contributed by atoms with van der Waals surface area (Å²) in [7, 11) is 3.91. The van der Waals surface area contributed by atoms with Crippen molar-refractivity contribution in [2.45, 2.75) is 59.4 Å². The Morgan fingerprint density at radius 2 is 1.89 bits per heavy atom. The van der Waals surface area contributed by atoms with Gasteiger partial charge in [0.15, 0.2) is 5.82 Å². The zero-order valence-electron chi connectivity index (χ0n) is 18.1. The first-order valence-electron chi connectivity index (χ1n) is 10.3. The second kappa shape index (κ2) is 8.91. The molecule has 1 aromatic carbocycles. The first-order valence-corrected chi connectivity index (χ1v) is 10.3. The number of methoxy groups -OCH3 is 1. The van der Waals surface area contributed by atoms with Gasteiger partial charge < -0.3 is 14.4 Å². The number of aryl methyl sites for hydroxylation is 3. The predicted octanol–water partition coefficient (Wildman–Crippen LogP) is 4.50. The van der Waals surface area contributed by atoms with E-state index in [0.29, 0.717) is 18.3 Å². The van der Waals surface area contributed by atoms with Gasteiger partial charge in [-0.05, 0) is 84.2 Å². The van der Waals surface area contributed by atoms with Gasteiger partial charge in [0.2, 0.25) is 5.88 Å². The third-order valence-corrected chi connectivity index (χ3v) is 5.44. The summed E-state index contributed by atoms with van der Waals surface area (Å²) in [5.41, 5.74) is 5.33. The molecule has 1 heterocycles. The number of rotatable bonds is 9. The van der Waals surface area contributed by atoms with Gasteiger partial charge in [0.1, 0.15) is 5.75 Å². The summed E-state index contributed by atoms with van der Waals surface area (Å²) >= 11 is 0. The predicted molar refractivity (Wildman–Crippen MR) is 113 cm³/mol. The number of nitrogens with zero attached hydrogens (tertiary/aromatic N) is 3. The van der Waals surface area contributed by atoms with E-state index in [1.165, 1.54) is 18.4 Å². The van der Waals surface area contributed by atoms with E-state index < -0.39 is 0 Å². The molecule has 1 fully saturated rings. The van der Waals surface area contributed by atoms with Crippen molar-refractivity contribution in [1.82, 2.24) is 14.9 Å². The van der Waals surface area contributed by atoms with Crippen LogP contribution in [0.15, 0.2) is 12.1 Å². The van der Waals surface area contributed by atoms with Gasteiger partial charge in [-0.1, -0.05) is 6.07 Å². The van der Waals surface area contributed by atoms with Crippen LogP contribution in [0.3, 0.4) is 0 Å². The summed E-state index contributed by atoms with van der Waals surface area (Å²) in [6.45, 7) is 9.91. The molecule has 28 heavy (non-hydrogen) atoms. The SMILES string of the molecule is CCOc1cc(C)cc(C)c1-c1nc(C)c(CCCN(C)C2CC2)c(OC)n1. The highest BCUT2D eigenvalue weighted by atomic mass is 16.5. The first-order chi connectivity index (χ1) is 13.4. The molecule has 5 nitrogen and oxygen atoms in total. The molecule has 1 aromatic heterocycles. The summed E-state index contributed by atoms with van der Waals surface area (Å²) in [4.78, 5) is 12.1. The highest BCUT2D eigenvalue weighted by Crippen LogP contribution is 2.35. The van der Waals surface area contributed by atoms with Crippen molar-refractivity contribution in [2.75, 3.05) is 27.3 Å². The Morgan fingerprint density at radius 3 is 2.54 bits per heavy atom. The molecule has 0 atom stereocenters. The lowest BCUT2D eigenvalue weighted by Gasteiger charge is -2.18. The molecular weight excluding hydrogens is 350 g/mol. The minimum Gasteiger partial charge on any atom is -0.493 e. The molecule has 152 valence electrons. The van der Waals surface area contributed by atoms with Crippen molar-refractivity contribution in [3.63, 3.8) is 0 Å². The molecule has 1 aliphatic carbocycles. The van der Waals surface area contributed by atoms with Gasteiger partial charge in [-0.3, -0.25) is 0 Å². The van der Waals surface area contributed by atoms with Gasteiger partial charge >= 0.3 is 0 Å². The van der Waals surface area contributed by atoms with Crippen molar-refractivity contribution < 1.29 is 9.47 Å². The molecule has 0 amide bonds. The Kier molecular flexibility index (Phi) is 6.55. The number of aromatic nitrogens is 2. The zero-order chi connectivity index (χ0) is 20.3. The van der Waals surface area contributed by atoms with Crippen molar-refractivity contribution in [3.8, 4) is 23.0 Å². The fourth-order valence-electron chi connectivity index (χ4n) is 3.83. The molecule has 5 heteroatoms. The highest BCUT2D eigenvalue weighted by Gasteiger charge is 2.25. The quantitative estimate of drug-likeness (QED) is 0.638. The molecular formula is C23H33N3O2. The summed E-state index contributed by atoms with van der Waals surface area (Å²) in [6, 6.07) is 4.99. The molecule has 1 saturated carbocycles. The summed E-state index contributed by atoms with van der Waals surface area (Å²) in [6.07, 6.45) is 4.70. The van der Waals surface area contributed by atoms with E-state index in [9.17, 15) is 0 Å². The molecule has 0 unspecified atom stereocenters. The summed E-state index contributed by atoms with van der Waals surface area (Å²) in [5.74, 6) is 2.19. The average molecular weight is 384 g/mol. The highest BCUT2D eigenvalue weighted by molar-refractivity contribution is 5.70. The largest absolute Gasteiger partial charge is 0.493 e. The van der Waals surface area contributed by atoms with Crippen LogP contribution in [0.2, 0.25) is 0 Å². The summed E-state index contributed by atoms with van der Waals surface area (Å²) in [5, 5.41) is 0. The maximum Gasteiger partial charge on any atom is 0.220 e. The smallest absolute Gasteiger partial charge is 0.220 e. The van der Waals surface area contributed by atoms with E-state index in [1.54, 1.807) is 7.11 Å². The van der Waals surface area contributed by atoms with Gasteiger partial charge in [0, 0.05) is 17.3 Å². The number of benzene rings is 1. The third kappa shape index (κ3) is 4.64. The normalized spacial score (nSPS) is 13.8. The molecule has 0 N–H and O–H groups in total. The fraction of sp³-hybridized carbons (Fsp3) is 0.565. The van der Waals surface area contributed by atoms with Crippen LogP contribution in [0.25, 0.3) is 11.4 Å². The minimum atomic E-state index is 0.610. The average Bonchev–Trinajstić information content (AvgIpc) is 3.47. The second-order valence-corrected chi connectivity index (χ2v) is 7.82. The van der Waals surface area contributed by atoms with Crippen LogP contribution < -0.4 is 9.47 Å². The van der Waals surface area contributed by atoms with Crippen LogP contribution in [-0.2, 0) is 6.42 Å². The Labute approximate surface area is 169 Å². The Balaban J connectivity index is 1.88. The van der Waals surface area contributed by atoms with Crippen molar-refractivity contribution >= 4 is 0 Å². The van der Waals surface area contributed by atoms with Crippen LogP contribution in [0.4, 0.5) is 0 Å². The first kappa shape index (κ1) is 20.6. The molecule has 1 aliphatic rings. The van der Waals surface area contributed by atoms with Crippen LogP contribution in [0.5, 0.6) is 11.6 Å². The van der Waals surface area contributed by atoms with E-state index >= 15 is 0 Å². The van der Waals surface area contributed by atoms with Gasteiger partial charge in [0.05, 0.1) is 19.3 Å². The Hall–Kier alpha value is -2.14. The Morgan fingerprint density at radius 1 is 1.14 bits per heavy atom. The van der Waals surface area contributed by atoms with E-state index in [1.807, 2.05) is 6.92 Å². The lowest BCUT2D eigenvalue weighted by Crippen LogP contribution is -2.22. The van der Waals surface area contributed by atoms with Crippen LogP contribution in [0, 0.1) is 20.8 Å². The van der Waals surface area contributed by atoms with Gasteiger partial charge in [-0.2, -0.15) is 4.98 Å². The summed E-state index contributed by atoms with van der Waals surface area (Å²) < 4.78 is 11.6. The standard InChI is InChI=1S/C23H33N3O2/c1-7-28-20-14-15(2)13-16(3)21(20)22-24-17(4)19(23(25-22)27-6)9-8-12-26(5)18-10-11-18/h13-14,18H,7-12H2,1-6H3. The minimum absolute atomic E-state index is 0.610. The maximum atomic E-state index is 5.89.